The first kappa shape index (κ1) is 14.0. The van der Waals surface area contributed by atoms with E-state index in [0.29, 0.717) is 11.8 Å². The number of rotatable bonds is 3. The summed E-state index contributed by atoms with van der Waals surface area (Å²) in [5.74, 6) is -0.547. The second kappa shape index (κ2) is 5.81. The first-order valence-corrected chi connectivity index (χ1v) is 6.66. The fourth-order valence-electron chi connectivity index (χ4n) is 2.30. The lowest BCUT2D eigenvalue weighted by atomic mass is 10.2. The summed E-state index contributed by atoms with van der Waals surface area (Å²) >= 11 is 0. The van der Waals surface area contributed by atoms with E-state index >= 15 is 0 Å². The zero-order valence-electron chi connectivity index (χ0n) is 11.5. The number of aromatic nitrogens is 1. The molecule has 0 radical (unpaired) electrons. The summed E-state index contributed by atoms with van der Waals surface area (Å²) in [5.41, 5.74) is 1.26. The number of halogens is 1. The van der Waals surface area contributed by atoms with E-state index in [2.05, 4.69) is 0 Å². The topological polar surface area (TPSA) is 48.3 Å². The molecule has 0 unspecified atom stereocenters. The highest BCUT2D eigenvalue weighted by Gasteiger charge is 2.17. The molecule has 0 bridgehead atoms. The van der Waals surface area contributed by atoms with Crippen LogP contribution in [0, 0.1) is 5.82 Å². The van der Waals surface area contributed by atoms with Gasteiger partial charge in [-0.1, -0.05) is 36.4 Å². The zero-order valence-corrected chi connectivity index (χ0v) is 11.5. The van der Waals surface area contributed by atoms with E-state index in [9.17, 15) is 14.0 Å². The molecule has 0 atom stereocenters. The van der Waals surface area contributed by atoms with Crippen LogP contribution in [0.4, 0.5) is 9.18 Å². The summed E-state index contributed by atoms with van der Waals surface area (Å²) < 4.78 is 20.2. The van der Waals surface area contributed by atoms with Crippen molar-refractivity contribution in [2.45, 2.75) is 6.61 Å². The number of benzene rings is 2. The standard InChI is InChI=1S/C17H12FNO3/c18-14-7-4-8-15-16(14)13(10-20)9-19(15)17(21)22-11-12-5-2-1-3-6-12/h1-10H,11H2. The molecular formula is C17H12FNO3. The molecule has 0 amide bonds. The van der Waals surface area contributed by atoms with Crippen LogP contribution in [0.2, 0.25) is 0 Å². The van der Waals surface area contributed by atoms with Crippen molar-refractivity contribution in [3.63, 3.8) is 0 Å². The molecule has 0 aliphatic heterocycles. The molecule has 0 saturated carbocycles. The summed E-state index contributed by atoms with van der Waals surface area (Å²) in [4.78, 5) is 23.2. The summed E-state index contributed by atoms with van der Waals surface area (Å²) in [6, 6.07) is 13.5. The number of carbonyl (C=O) groups excluding carboxylic acids is 2. The first-order valence-electron chi connectivity index (χ1n) is 6.66. The Balaban J connectivity index is 1.91. The van der Waals surface area contributed by atoms with Crippen molar-refractivity contribution in [1.82, 2.24) is 4.57 Å². The van der Waals surface area contributed by atoms with Crippen molar-refractivity contribution in [3.05, 3.63) is 71.7 Å². The minimum Gasteiger partial charge on any atom is -0.444 e. The summed E-state index contributed by atoms with van der Waals surface area (Å²) in [7, 11) is 0. The van der Waals surface area contributed by atoms with E-state index in [-0.39, 0.29) is 17.6 Å². The van der Waals surface area contributed by atoms with Gasteiger partial charge in [-0.2, -0.15) is 0 Å². The molecule has 0 N–H and O–H groups in total. The van der Waals surface area contributed by atoms with Gasteiger partial charge in [-0.05, 0) is 17.7 Å². The molecule has 3 aromatic rings. The van der Waals surface area contributed by atoms with Gasteiger partial charge in [-0.15, -0.1) is 0 Å². The Hall–Kier alpha value is -2.95. The second-order valence-corrected chi connectivity index (χ2v) is 4.75. The van der Waals surface area contributed by atoms with Crippen molar-refractivity contribution in [3.8, 4) is 0 Å². The van der Waals surface area contributed by atoms with E-state index in [0.717, 1.165) is 10.1 Å². The molecule has 0 fully saturated rings. The molecule has 0 saturated heterocycles. The molecule has 4 nitrogen and oxygen atoms in total. The van der Waals surface area contributed by atoms with Crippen LogP contribution < -0.4 is 0 Å². The third kappa shape index (κ3) is 2.48. The van der Waals surface area contributed by atoms with Gasteiger partial charge in [0.1, 0.15) is 12.4 Å². The molecule has 1 aromatic heterocycles. The van der Waals surface area contributed by atoms with Gasteiger partial charge in [0.15, 0.2) is 6.29 Å². The normalized spacial score (nSPS) is 10.6. The molecule has 5 heteroatoms. The molecule has 1 heterocycles. The van der Waals surface area contributed by atoms with Gasteiger partial charge in [-0.25, -0.2) is 9.18 Å². The predicted octanol–water partition coefficient (Wildman–Crippen LogP) is 3.78. The van der Waals surface area contributed by atoms with Gasteiger partial charge in [0.2, 0.25) is 0 Å². The maximum atomic E-state index is 13.8. The smallest absolute Gasteiger partial charge is 0.418 e. The van der Waals surface area contributed by atoms with Gasteiger partial charge in [0.25, 0.3) is 0 Å². The Labute approximate surface area is 125 Å². The molecule has 0 aliphatic carbocycles. The lowest BCUT2D eigenvalue weighted by Crippen LogP contribution is -2.12. The number of hydrogen-bond donors (Lipinski definition) is 0. The monoisotopic (exact) mass is 297 g/mol. The maximum absolute atomic E-state index is 13.8. The van der Waals surface area contributed by atoms with E-state index in [1.54, 1.807) is 6.07 Å². The van der Waals surface area contributed by atoms with Gasteiger partial charge >= 0.3 is 6.09 Å². The van der Waals surface area contributed by atoms with Crippen LogP contribution in [-0.2, 0) is 11.3 Å². The summed E-state index contributed by atoms with van der Waals surface area (Å²) in [6.45, 7) is 0.102. The zero-order chi connectivity index (χ0) is 15.5. The van der Waals surface area contributed by atoms with Crippen LogP contribution in [0.25, 0.3) is 10.9 Å². The third-order valence-electron chi connectivity index (χ3n) is 3.34. The highest BCUT2D eigenvalue weighted by Crippen LogP contribution is 2.23. The number of hydrogen-bond acceptors (Lipinski definition) is 3. The van der Waals surface area contributed by atoms with Crippen molar-refractivity contribution in [2.24, 2.45) is 0 Å². The molecular weight excluding hydrogens is 285 g/mol. The van der Waals surface area contributed by atoms with Gasteiger partial charge < -0.3 is 4.74 Å². The Bertz CT molecular complexity index is 840. The third-order valence-corrected chi connectivity index (χ3v) is 3.34. The minimum atomic E-state index is -0.660. The number of fused-ring (bicyclic) bond motifs is 1. The Kier molecular flexibility index (Phi) is 3.70. The van der Waals surface area contributed by atoms with Crippen molar-refractivity contribution < 1.29 is 18.7 Å². The Morgan fingerprint density at radius 3 is 2.64 bits per heavy atom. The molecule has 110 valence electrons. The number of aldehydes is 1. The van der Waals surface area contributed by atoms with Crippen LogP contribution >= 0.6 is 0 Å². The molecule has 22 heavy (non-hydrogen) atoms. The molecule has 0 aliphatic rings. The van der Waals surface area contributed by atoms with Crippen LogP contribution in [0.5, 0.6) is 0 Å². The Morgan fingerprint density at radius 2 is 1.91 bits per heavy atom. The van der Waals surface area contributed by atoms with Crippen LogP contribution in [-0.4, -0.2) is 16.9 Å². The summed E-state index contributed by atoms with van der Waals surface area (Å²) in [5, 5.41) is 0.120. The number of carbonyl (C=O) groups is 2. The van der Waals surface area contributed by atoms with Crippen LogP contribution in [0.1, 0.15) is 15.9 Å². The number of ether oxygens (including phenoxy) is 1. The highest BCUT2D eigenvalue weighted by molar-refractivity contribution is 6.01. The first-order chi connectivity index (χ1) is 10.7. The molecule has 0 spiro atoms. The van der Waals surface area contributed by atoms with Crippen molar-refractivity contribution >= 4 is 23.3 Å². The lowest BCUT2D eigenvalue weighted by Gasteiger charge is -2.06. The van der Waals surface area contributed by atoms with Gasteiger partial charge in [0.05, 0.1) is 5.52 Å². The SMILES string of the molecule is O=Cc1cn(C(=O)OCc2ccccc2)c2cccc(F)c12. The van der Waals surface area contributed by atoms with Gasteiger partial charge in [0, 0.05) is 17.1 Å². The maximum Gasteiger partial charge on any atom is 0.418 e. The lowest BCUT2D eigenvalue weighted by molar-refractivity contribution is 0.112. The molecule has 3 rings (SSSR count). The van der Waals surface area contributed by atoms with Crippen molar-refractivity contribution in [1.29, 1.82) is 0 Å². The second-order valence-electron chi connectivity index (χ2n) is 4.75. The van der Waals surface area contributed by atoms with E-state index < -0.39 is 11.9 Å². The highest BCUT2D eigenvalue weighted by atomic mass is 19.1. The average Bonchev–Trinajstić information content (AvgIpc) is 2.94. The average molecular weight is 297 g/mol. The van der Waals surface area contributed by atoms with E-state index in [4.69, 9.17) is 4.74 Å². The summed E-state index contributed by atoms with van der Waals surface area (Å²) in [6.07, 6.45) is 1.15. The van der Waals surface area contributed by atoms with Crippen LogP contribution in [0.3, 0.4) is 0 Å². The van der Waals surface area contributed by atoms with Gasteiger partial charge in [-0.3, -0.25) is 9.36 Å². The Morgan fingerprint density at radius 1 is 1.14 bits per heavy atom. The molecule has 2 aromatic carbocycles. The fraction of sp³-hybridized carbons (Fsp3) is 0.0588. The largest absolute Gasteiger partial charge is 0.444 e. The van der Waals surface area contributed by atoms with E-state index in [1.807, 2.05) is 30.3 Å². The van der Waals surface area contributed by atoms with E-state index in [1.165, 1.54) is 18.3 Å². The van der Waals surface area contributed by atoms with Crippen molar-refractivity contribution in [2.75, 3.05) is 0 Å². The predicted molar refractivity (Wildman–Crippen MR) is 79.3 cm³/mol. The fourth-order valence-corrected chi connectivity index (χ4v) is 2.30. The van der Waals surface area contributed by atoms with Crippen LogP contribution in [0.15, 0.2) is 54.7 Å². The minimum absolute atomic E-state index is 0.102. The quantitative estimate of drug-likeness (QED) is 0.691. The number of nitrogens with zero attached hydrogens (tertiary/aromatic N) is 1.